The lowest BCUT2D eigenvalue weighted by Gasteiger charge is -2.33. The van der Waals surface area contributed by atoms with E-state index in [1.165, 1.54) is 4.90 Å². The topological polar surface area (TPSA) is 116 Å². The number of likely N-dealkylation sites (tertiary alicyclic amines) is 1. The van der Waals surface area contributed by atoms with Gasteiger partial charge >= 0.3 is 12.1 Å². The minimum absolute atomic E-state index is 0.00523. The number of carbonyl (C=O) groups excluding carboxylic acids is 2. The number of nitrogens with zero attached hydrogens (tertiary/aromatic N) is 1. The monoisotopic (exact) mass is 478 g/mol. The predicted molar refractivity (Wildman–Crippen MR) is 128 cm³/mol. The van der Waals surface area contributed by atoms with Gasteiger partial charge < -0.3 is 25.2 Å². The number of ether oxygens (including phenoxy) is 1. The molecule has 0 radical (unpaired) electrons. The lowest BCUT2D eigenvalue weighted by Crippen LogP contribution is -2.50. The molecule has 8 heteroatoms. The number of fused-ring (bicyclic) bond motifs is 3. The van der Waals surface area contributed by atoms with Crippen LogP contribution in [0.4, 0.5) is 4.79 Å². The number of aliphatic hydroxyl groups is 1. The molecule has 0 bridgehead atoms. The second kappa shape index (κ2) is 9.34. The van der Waals surface area contributed by atoms with Crippen LogP contribution in [0.25, 0.3) is 11.1 Å². The maximum atomic E-state index is 13.2. The van der Waals surface area contributed by atoms with Gasteiger partial charge in [0.05, 0.1) is 12.5 Å². The third-order valence-corrected chi connectivity index (χ3v) is 7.69. The summed E-state index contributed by atoms with van der Waals surface area (Å²) >= 11 is 0. The molecule has 2 amide bonds. The number of hydrogen-bond donors (Lipinski definition) is 3. The van der Waals surface area contributed by atoms with Gasteiger partial charge in [0, 0.05) is 24.9 Å². The van der Waals surface area contributed by atoms with Gasteiger partial charge in [-0.05, 0) is 35.1 Å². The molecule has 1 unspecified atom stereocenters. The third kappa shape index (κ3) is 4.38. The summed E-state index contributed by atoms with van der Waals surface area (Å²) in [5.41, 5.74) is 2.67. The average molecular weight is 479 g/mol. The molecule has 5 rings (SSSR count). The van der Waals surface area contributed by atoms with Gasteiger partial charge in [-0.1, -0.05) is 61.4 Å². The van der Waals surface area contributed by atoms with Crippen LogP contribution in [0.1, 0.15) is 49.1 Å². The summed E-state index contributed by atoms with van der Waals surface area (Å²) < 4.78 is 5.67. The molecule has 3 N–H and O–H groups in total. The molecule has 35 heavy (non-hydrogen) atoms. The molecule has 3 atom stereocenters. The van der Waals surface area contributed by atoms with Gasteiger partial charge in [-0.2, -0.15) is 0 Å². The molecular weight excluding hydrogens is 448 g/mol. The van der Waals surface area contributed by atoms with Gasteiger partial charge in [0.25, 0.3) is 0 Å². The SMILES string of the molecule is O=C(N[C@@H]1CCCC[C@@H]1C(=O)N1CCC(O)(C(=O)O)C1)OCC1c2ccccc2-c2ccccc21. The molecule has 184 valence electrons. The Kier molecular flexibility index (Phi) is 6.23. The molecule has 2 aromatic carbocycles. The molecule has 1 aliphatic heterocycles. The summed E-state index contributed by atoms with van der Waals surface area (Å²) in [4.78, 5) is 38.7. The van der Waals surface area contributed by atoms with Crippen molar-refractivity contribution >= 4 is 18.0 Å². The van der Waals surface area contributed by atoms with E-state index in [-0.39, 0.29) is 44.0 Å². The second-order valence-electron chi connectivity index (χ2n) is 9.81. The predicted octanol–water partition coefficient (Wildman–Crippen LogP) is 3.13. The Hall–Kier alpha value is -3.39. The molecule has 2 fully saturated rings. The Labute approximate surface area is 203 Å². The first kappa shape index (κ1) is 23.4. The van der Waals surface area contributed by atoms with Crippen LogP contribution in [-0.4, -0.2) is 64.4 Å². The molecule has 1 heterocycles. The molecule has 1 saturated heterocycles. The minimum Gasteiger partial charge on any atom is -0.479 e. The van der Waals surface area contributed by atoms with E-state index >= 15 is 0 Å². The Morgan fingerprint density at radius 3 is 2.26 bits per heavy atom. The Morgan fingerprint density at radius 2 is 1.63 bits per heavy atom. The van der Waals surface area contributed by atoms with Crippen molar-refractivity contribution < 1.29 is 29.3 Å². The number of benzene rings is 2. The van der Waals surface area contributed by atoms with Crippen LogP contribution in [0.3, 0.4) is 0 Å². The van der Waals surface area contributed by atoms with E-state index in [1.54, 1.807) is 0 Å². The highest BCUT2D eigenvalue weighted by Gasteiger charge is 2.47. The van der Waals surface area contributed by atoms with Crippen molar-refractivity contribution in [2.24, 2.45) is 5.92 Å². The van der Waals surface area contributed by atoms with E-state index < -0.39 is 23.6 Å². The Bertz CT molecular complexity index is 1100. The van der Waals surface area contributed by atoms with Crippen LogP contribution in [0.15, 0.2) is 48.5 Å². The molecule has 2 aliphatic carbocycles. The fourth-order valence-electron chi connectivity index (χ4n) is 5.78. The fourth-order valence-corrected chi connectivity index (χ4v) is 5.78. The van der Waals surface area contributed by atoms with E-state index in [0.29, 0.717) is 12.8 Å². The van der Waals surface area contributed by atoms with Crippen LogP contribution in [0.5, 0.6) is 0 Å². The largest absolute Gasteiger partial charge is 0.479 e. The zero-order chi connectivity index (χ0) is 24.6. The van der Waals surface area contributed by atoms with Gasteiger partial charge in [0.1, 0.15) is 6.61 Å². The number of rotatable bonds is 5. The first-order valence-electron chi connectivity index (χ1n) is 12.2. The highest BCUT2D eigenvalue weighted by Crippen LogP contribution is 2.44. The van der Waals surface area contributed by atoms with Crippen molar-refractivity contribution in [2.75, 3.05) is 19.7 Å². The first-order chi connectivity index (χ1) is 16.9. The Morgan fingerprint density at radius 1 is 1.00 bits per heavy atom. The van der Waals surface area contributed by atoms with Gasteiger partial charge in [-0.25, -0.2) is 9.59 Å². The normalized spacial score (nSPS) is 25.6. The van der Waals surface area contributed by atoms with Crippen molar-refractivity contribution in [3.63, 3.8) is 0 Å². The summed E-state index contributed by atoms with van der Waals surface area (Å²) in [6.45, 7) is 0.161. The van der Waals surface area contributed by atoms with Gasteiger partial charge in [-0.15, -0.1) is 0 Å². The molecule has 2 aromatic rings. The van der Waals surface area contributed by atoms with Gasteiger partial charge in [0.15, 0.2) is 5.60 Å². The fraction of sp³-hybridized carbons (Fsp3) is 0.444. The highest BCUT2D eigenvalue weighted by atomic mass is 16.5. The van der Waals surface area contributed by atoms with Gasteiger partial charge in [-0.3, -0.25) is 4.79 Å². The summed E-state index contributed by atoms with van der Waals surface area (Å²) in [6, 6.07) is 15.9. The smallest absolute Gasteiger partial charge is 0.407 e. The van der Waals surface area contributed by atoms with Crippen molar-refractivity contribution in [2.45, 2.75) is 49.7 Å². The average Bonchev–Trinajstić information content (AvgIpc) is 3.42. The second-order valence-corrected chi connectivity index (χ2v) is 9.81. The number of hydrogen-bond acceptors (Lipinski definition) is 5. The Balaban J connectivity index is 1.23. The molecule has 8 nitrogen and oxygen atoms in total. The van der Waals surface area contributed by atoms with Crippen molar-refractivity contribution in [3.8, 4) is 11.1 Å². The van der Waals surface area contributed by atoms with Crippen molar-refractivity contribution in [1.82, 2.24) is 10.2 Å². The van der Waals surface area contributed by atoms with Gasteiger partial charge in [0.2, 0.25) is 5.91 Å². The number of alkyl carbamates (subject to hydrolysis) is 1. The number of carboxylic acid groups (broad SMARTS) is 1. The number of aliphatic carboxylic acids is 1. The number of nitrogens with one attached hydrogen (secondary N) is 1. The highest BCUT2D eigenvalue weighted by molar-refractivity contribution is 5.84. The van der Waals surface area contributed by atoms with Crippen molar-refractivity contribution in [3.05, 3.63) is 59.7 Å². The standard InChI is InChI=1S/C27H30N2O6/c30-24(29-14-13-27(34,16-29)25(31)32)21-11-5-6-12-23(21)28-26(33)35-15-22-19-9-3-1-7-17(19)18-8-2-4-10-20(18)22/h1-4,7-10,21-23,34H,5-6,11-16H2,(H,28,33)(H,31,32)/t21-,23+,27?/m0/s1. The van der Waals surface area contributed by atoms with Crippen LogP contribution < -0.4 is 5.32 Å². The molecule has 1 saturated carbocycles. The number of amides is 2. The summed E-state index contributed by atoms with van der Waals surface area (Å²) in [5.74, 6) is -2.04. The molecule has 0 spiro atoms. The lowest BCUT2D eigenvalue weighted by atomic mass is 9.83. The summed E-state index contributed by atoms with van der Waals surface area (Å²) in [7, 11) is 0. The number of carbonyl (C=O) groups is 3. The number of β-amino-alcohol motifs (C(OH)–C–C–N with tert-alkyl or cyclic N) is 1. The summed E-state index contributed by atoms with van der Waals surface area (Å²) in [5, 5.41) is 22.4. The first-order valence-corrected chi connectivity index (χ1v) is 12.2. The maximum Gasteiger partial charge on any atom is 0.407 e. The van der Waals surface area contributed by atoms with E-state index in [0.717, 1.165) is 35.1 Å². The zero-order valence-corrected chi connectivity index (χ0v) is 19.5. The minimum atomic E-state index is -1.90. The van der Waals surface area contributed by atoms with Crippen LogP contribution in [0, 0.1) is 5.92 Å². The molecule has 0 aromatic heterocycles. The zero-order valence-electron chi connectivity index (χ0n) is 19.5. The quantitative estimate of drug-likeness (QED) is 0.608. The van der Waals surface area contributed by atoms with Crippen molar-refractivity contribution in [1.29, 1.82) is 0 Å². The number of carboxylic acids is 1. The van der Waals surface area contributed by atoms with E-state index in [4.69, 9.17) is 4.74 Å². The molecular formula is C27H30N2O6. The lowest BCUT2D eigenvalue weighted by molar-refractivity contribution is -0.157. The molecule has 3 aliphatic rings. The van der Waals surface area contributed by atoms with Crippen LogP contribution in [0.2, 0.25) is 0 Å². The maximum absolute atomic E-state index is 13.2. The third-order valence-electron chi connectivity index (χ3n) is 7.69. The summed E-state index contributed by atoms with van der Waals surface area (Å²) in [6.07, 6.45) is 2.45. The van der Waals surface area contributed by atoms with Crippen LogP contribution >= 0.6 is 0 Å². The van der Waals surface area contributed by atoms with E-state index in [2.05, 4.69) is 29.6 Å². The van der Waals surface area contributed by atoms with E-state index in [9.17, 15) is 24.6 Å². The van der Waals surface area contributed by atoms with Crippen LogP contribution in [-0.2, 0) is 14.3 Å². The van der Waals surface area contributed by atoms with E-state index in [1.807, 2.05) is 24.3 Å².